The zero-order valence-corrected chi connectivity index (χ0v) is 19.4. The summed E-state index contributed by atoms with van der Waals surface area (Å²) in [6.07, 6.45) is 15.7. The molecule has 1 aliphatic rings. The van der Waals surface area contributed by atoms with Crippen molar-refractivity contribution in [3.63, 3.8) is 0 Å². The number of amides is 1. The summed E-state index contributed by atoms with van der Waals surface area (Å²) in [5, 5.41) is 0. The maximum absolute atomic E-state index is 12.2. The second kappa shape index (κ2) is 16.7. The Labute approximate surface area is 179 Å². The van der Waals surface area contributed by atoms with Gasteiger partial charge in [0, 0.05) is 26.2 Å². The molecule has 5 heteroatoms. The molecule has 5 nitrogen and oxygen atoms in total. The Bertz CT molecular complexity index is 422. The SMILES string of the molecule is C=CCN(C)CCCCCCO[C@H]1CC[C@H](N(C)C(=O)OCCCCCC)CC1. The molecule has 0 bridgehead atoms. The molecule has 0 N–H and O–H groups in total. The quantitative estimate of drug-likeness (QED) is 0.244. The van der Waals surface area contributed by atoms with Gasteiger partial charge in [0.25, 0.3) is 0 Å². The summed E-state index contributed by atoms with van der Waals surface area (Å²) in [4.78, 5) is 16.3. The first-order valence-electron chi connectivity index (χ1n) is 11.9. The van der Waals surface area contributed by atoms with Crippen LogP contribution in [0.15, 0.2) is 12.7 Å². The van der Waals surface area contributed by atoms with Crippen LogP contribution < -0.4 is 0 Å². The van der Waals surface area contributed by atoms with Crippen molar-refractivity contribution >= 4 is 6.09 Å². The molecule has 0 aromatic rings. The van der Waals surface area contributed by atoms with E-state index < -0.39 is 0 Å². The fourth-order valence-electron chi connectivity index (χ4n) is 3.94. The van der Waals surface area contributed by atoms with Gasteiger partial charge in [0.2, 0.25) is 0 Å². The summed E-state index contributed by atoms with van der Waals surface area (Å²) in [7, 11) is 4.03. The zero-order chi connectivity index (χ0) is 21.3. The summed E-state index contributed by atoms with van der Waals surface area (Å²) >= 11 is 0. The predicted molar refractivity (Wildman–Crippen MR) is 121 cm³/mol. The summed E-state index contributed by atoms with van der Waals surface area (Å²) in [5.74, 6) is 0. The van der Waals surface area contributed by atoms with Crippen molar-refractivity contribution in [1.82, 2.24) is 9.80 Å². The van der Waals surface area contributed by atoms with E-state index in [1.165, 1.54) is 32.1 Å². The van der Waals surface area contributed by atoms with Crippen molar-refractivity contribution in [1.29, 1.82) is 0 Å². The molecule has 0 aromatic carbocycles. The molecule has 1 fully saturated rings. The molecule has 1 amide bonds. The first-order chi connectivity index (χ1) is 14.1. The third kappa shape index (κ3) is 12.3. The summed E-state index contributed by atoms with van der Waals surface area (Å²) in [6.45, 7) is 9.49. The molecule has 0 radical (unpaired) electrons. The Kier molecular flexibility index (Phi) is 15.0. The molecule has 0 heterocycles. The minimum Gasteiger partial charge on any atom is -0.449 e. The Hall–Kier alpha value is -1.07. The number of nitrogens with zero attached hydrogens (tertiary/aromatic N) is 2. The molecule has 0 saturated heterocycles. The molecule has 1 rings (SSSR count). The Balaban J connectivity index is 2.03. The molecular formula is C24H46N2O3. The van der Waals surface area contributed by atoms with Gasteiger partial charge in [-0.25, -0.2) is 4.79 Å². The molecule has 0 atom stereocenters. The maximum Gasteiger partial charge on any atom is 0.409 e. The molecule has 1 saturated carbocycles. The van der Waals surface area contributed by atoms with Crippen LogP contribution in [0.5, 0.6) is 0 Å². The Morgan fingerprint density at radius 1 is 0.966 bits per heavy atom. The Morgan fingerprint density at radius 2 is 1.62 bits per heavy atom. The van der Waals surface area contributed by atoms with Crippen LogP contribution in [0.2, 0.25) is 0 Å². The number of rotatable bonds is 16. The van der Waals surface area contributed by atoms with Gasteiger partial charge in [-0.1, -0.05) is 45.1 Å². The van der Waals surface area contributed by atoms with Gasteiger partial charge in [0.15, 0.2) is 0 Å². The molecule has 0 aliphatic heterocycles. The smallest absolute Gasteiger partial charge is 0.409 e. The molecule has 0 aromatic heterocycles. The van der Waals surface area contributed by atoms with Crippen molar-refractivity contribution in [2.24, 2.45) is 0 Å². The predicted octanol–water partition coefficient (Wildman–Crippen LogP) is 5.64. The highest BCUT2D eigenvalue weighted by Crippen LogP contribution is 2.25. The number of likely N-dealkylation sites (N-methyl/N-ethyl adjacent to an activating group) is 1. The third-order valence-corrected chi connectivity index (χ3v) is 5.93. The summed E-state index contributed by atoms with van der Waals surface area (Å²) in [5.41, 5.74) is 0. The highest BCUT2D eigenvalue weighted by molar-refractivity contribution is 5.67. The van der Waals surface area contributed by atoms with Crippen LogP contribution in [0.25, 0.3) is 0 Å². The van der Waals surface area contributed by atoms with Crippen LogP contribution in [0, 0.1) is 0 Å². The van der Waals surface area contributed by atoms with Crippen LogP contribution in [0.4, 0.5) is 4.79 Å². The highest BCUT2D eigenvalue weighted by atomic mass is 16.6. The lowest BCUT2D eigenvalue weighted by atomic mass is 9.92. The first kappa shape index (κ1) is 26.0. The second-order valence-electron chi connectivity index (χ2n) is 8.55. The standard InChI is InChI=1S/C24H46N2O3/c1-5-7-8-12-21-29-24(27)26(4)22-14-16-23(17-15-22)28-20-13-10-9-11-19-25(3)18-6-2/h6,22-23H,2,5,7-21H2,1,3-4H3/t22-,23-. The van der Waals surface area contributed by atoms with Crippen LogP contribution in [-0.4, -0.2) is 68.4 Å². The highest BCUT2D eigenvalue weighted by Gasteiger charge is 2.27. The molecular weight excluding hydrogens is 364 g/mol. The lowest BCUT2D eigenvalue weighted by Gasteiger charge is -2.34. The molecule has 0 spiro atoms. The average Bonchev–Trinajstić information content (AvgIpc) is 2.73. The minimum atomic E-state index is -0.162. The normalized spacial score (nSPS) is 19.3. The van der Waals surface area contributed by atoms with Gasteiger partial charge in [0.05, 0.1) is 12.7 Å². The van der Waals surface area contributed by atoms with E-state index in [9.17, 15) is 4.79 Å². The van der Waals surface area contributed by atoms with Gasteiger partial charge >= 0.3 is 6.09 Å². The van der Waals surface area contributed by atoms with E-state index >= 15 is 0 Å². The number of hydrogen-bond donors (Lipinski definition) is 0. The van der Waals surface area contributed by atoms with Crippen LogP contribution in [-0.2, 0) is 9.47 Å². The number of ether oxygens (including phenoxy) is 2. The second-order valence-corrected chi connectivity index (χ2v) is 8.55. The molecule has 29 heavy (non-hydrogen) atoms. The van der Waals surface area contributed by atoms with E-state index in [2.05, 4.69) is 25.5 Å². The summed E-state index contributed by atoms with van der Waals surface area (Å²) in [6, 6.07) is 0.297. The van der Waals surface area contributed by atoms with Crippen molar-refractivity contribution in [3.05, 3.63) is 12.7 Å². The maximum atomic E-state index is 12.2. The van der Waals surface area contributed by atoms with Gasteiger partial charge in [-0.05, 0) is 58.5 Å². The van der Waals surface area contributed by atoms with Gasteiger partial charge in [-0.3, -0.25) is 0 Å². The van der Waals surface area contributed by atoms with Crippen molar-refractivity contribution in [2.75, 3.05) is 40.4 Å². The minimum absolute atomic E-state index is 0.162. The molecule has 1 aliphatic carbocycles. The van der Waals surface area contributed by atoms with E-state index in [1.54, 1.807) is 4.90 Å². The van der Waals surface area contributed by atoms with E-state index in [0.717, 1.165) is 64.6 Å². The van der Waals surface area contributed by atoms with Gasteiger partial charge < -0.3 is 19.3 Å². The average molecular weight is 411 g/mol. The van der Waals surface area contributed by atoms with Crippen molar-refractivity contribution in [3.8, 4) is 0 Å². The van der Waals surface area contributed by atoms with Crippen LogP contribution >= 0.6 is 0 Å². The molecule has 0 unspecified atom stereocenters. The van der Waals surface area contributed by atoms with E-state index in [-0.39, 0.29) is 6.09 Å². The first-order valence-corrected chi connectivity index (χ1v) is 11.9. The third-order valence-electron chi connectivity index (χ3n) is 5.93. The van der Waals surface area contributed by atoms with Crippen molar-refractivity contribution < 1.29 is 14.3 Å². The lowest BCUT2D eigenvalue weighted by molar-refractivity contribution is 0.00738. The topological polar surface area (TPSA) is 42.0 Å². The van der Waals surface area contributed by atoms with Crippen LogP contribution in [0.1, 0.15) is 84.0 Å². The number of carbonyl (C=O) groups is 1. The van der Waals surface area contributed by atoms with Gasteiger partial charge in [-0.15, -0.1) is 6.58 Å². The fraction of sp³-hybridized carbons (Fsp3) is 0.875. The number of unbranched alkanes of at least 4 members (excludes halogenated alkanes) is 6. The number of carbonyl (C=O) groups excluding carboxylic acids is 1. The monoisotopic (exact) mass is 410 g/mol. The molecule has 170 valence electrons. The fourth-order valence-corrected chi connectivity index (χ4v) is 3.94. The van der Waals surface area contributed by atoms with E-state index in [0.29, 0.717) is 18.8 Å². The number of hydrogen-bond acceptors (Lipinski definition) is 4. The van der Waals surface area contributed by atoms with E-state index in [4.69, 9.17) is 9.47 Å². The van der Waals surface area contributed by atoms with Gasteiger partial charge in [-0.2, -0.15) is 0 Å². The van der Waals surface area contributed by atoms with Crippen LogP contribution in [0.3, 0.4) is 0 Å². The summed E-state index contributed by atoms with van der Waals surface area (Å²) < 4.78 is 11.5. The zero-order valence-electron chi connectivity index (χ0n) is 19.4. The van der Waals surface area contributed by atoms with E-state index in [1.807, 2.05) is 13.1 Å². The van der Waals surface area contributed by atoms with Crippen molar-refractivity contribution in [2.45, 2.75) is 96.1 Å². The largest absolute Gasteiger partial charge is 0.449 e. The lowest BCUT2D eigenvalue weighted by Crippen LogP contribution is -2.41. The van der Waals surface area contributed by atoms with Gasteiger partial charge in [0.1, 0.15) is 0 Å². The Morgan fingerprint density at radius 3 is 2.31 bits per heavy atom.